The number of ether oxygens (including phenoxy) is 2. The van der Waals surface area contributed by atoms with Crippen molar-refractivity contribution in [2.75, 3.05) is 19.5 Å². The molecule has 0 aliphatic heterocycles. The van der Waals surface area contributed by atoms with E-state index in [0.717, 1.165) is 15.6 Å². The lowest BCUT2D eigenvalue weighted by Crippen LogP contribution is -2.10. The Bertz CT molecular complexity index is 1230. The number of hydrogen-bond acceptors (Lipinski definition) is 5. The number of aromatic nitrogens is 1. The number of carbonyl (C=O) groups excluding carboxylic acids is 1. The predicted octanol–water partition coefficient (Wildman–Crippen LogP) is 4.01. The summed E-state index contributed by atoms with van der Waals surface area (Å²) in [4.78, 5) is 28.3. The smallest absolute Gasteiger partial charge is 0.265 e. The highest BCUT2D eigenvalue weighted by atomic mass is 32.1. The van der Waals surface area contributed by atoms with Gasteiger partial charge in [0.2, 0.25) is 0 Å². The molecule has 0 fully saturated rings. The van der Waals surface area contributed by atoms with Crippen molar-refractivity contribution in [1.29, 1.82) is 0 Å². The first-order valence-electron chi connectivity index (χ1n) is 8.18. The minimum absolute atomic E-state index is 0.204. The number of methoxy groups -OCH3 is 2. The lowest BCUT2D eigenvalue weighted by Gasteiger charge is -2.10. The van der Waals surface area contributed by atoms with Gasteiger partial charge < -0.3 is 19.8 Å². The summed E-state index contributed by atoms with van der Waals surface area (Å²) in [6, 6.07) is 14.3. The first kappa shape index (κ1) is 17.1. The maximum absolute atomic E-state index is 12.7. The number of anilines is 1. The van der Waals surface area contributed by atoms with Crippen LogP contribution in [0.4, 0.5) is 5.69 Å². The topological polar surface area (TPSA) is 80.4 Å². The number of carbonyl (C=O) groups is 1. The number of H-pyrrole nitrogens is 1. The molecule has 4 aromatic rings. The summed E-state index contributed by atoms with van der Waals surface area (Å²) in [5.74, 6) is 0.816. The predicted molar refractivity (Wildman–Crippen MR) is 107 cm³/mol. The Balaban J connectivity index is 1.72. The van der Waals surface area contributed by atoms with Gasteiger partial charge in [0.1, 0.15) is 0 Å². The molecule has 0 bridgehead atoms. The van der Waals surface area contributed by atoms with E-state index in [1.165, 1.54) is 18.4 Å². The summed E-state index contributed by atoms with van der Waals surface area (Å²) >= 11 is 1.30. The number of thiophene rings is 1. The molecule has 1 amide bonds. The van der Waals surface area contributed by atoms with Gasteiger partial charge in [-0.15, -0.1) is 11.3 Å². The van der Waals surface area contributed by atoms with Gasteiger partial charge in [-0.3, -0.25) is 9.59 Å². The van der Waals surface area contributed by atoms with E-state index in [0.29, 0.717) is 27.4 Å². The minimum Gasteiger partial charge on any atom is -0.493 e. The molecule has 0 aliphatic carbocycles. The van der Waals surface area contributed by atoms with Crippen LogP contribution in [0.25, 0.3) is 21.0 Å². The Labute approximate surface area is 158 Å². The van der Waals surface area contributed by atoms with Gasteiger partial charge in [0.15, 0.2) is 11.5 Å². The van der Waals surface area contributed by atoms with Crippen molar-refractivity contribution in [3.63, 3.8) is 0 Å². The molecular weight excluding hydrogens is 364 g/mol. The summed E-state index contributed by atoms with van der Waals surface area (Å²) in [5.41, 5.74) is 1.13. The second-order valence-electron chi connectivity index (χ2n) is 5.88. The zero-order valence-corrected chi connectivity index (χ0v) is 15.5. The average molecular weight is 380 g/mol. The van der Waals surface area contributed by atoms with Gasteiger partial charge in [-0.2, -0.15) is 0 Å². The third kappa shape index (κ3) is 3.02. The summed E-state index contributed by atoms with van der Waals surface area (Å²) in [6.07, 6.45) is 0. The van der Waals surface area contributed by atoms with E-state index >= 15 is 0 Å². The van der Waals surface area contributed by atoms with Crippen LogP contribution in [-0.2, 0) is 0 Å². The Morgan fingerprint density at radius 3 is 2.56 bits per heavy atom. The molecule has 7 heteroatoms. The Hall–Kier alpha value is -3.32. The van der Waals surface area contributed by atoms with Crippen LogP contribution in [0.2, 0.25) is 0 Å². The molecule has 2 N–H and O–H groups in total. The van der Waals surface area contributed by atoms with Crippen LogP contribution in [0.1, 0.15) is 9.67 Å². The Morgan fingerprint density at radius 1 is 1.00 bits per heavy atom. The van der Waals surface area contributed by atoms with E-state index in [9.17, 15) is 9.59 Å². The molecule has 4 rings (SSSR count). The molecule has 27 heavy (non-hydrogen) atoms. The number of amides is 1. The van der Waals surface area contributed by atoms with Crippen molar-refractivity contribution < 1.29 is 14.3 Å². The van der Waals surface area contributed by atoms with Gasteiger partial charge in [-0.1, -0.05) is 18.2 Å². The summed E-state index contributed by atoms with van der Waals surface area (Å²) in [5, 5.41) is 4.27. The molecule has 136 valence electrons. The molecule has 0 saturated carbocycles. The van der Waals surface area contributed by atoms with Gasteiger partial charge in [0.05, 0.1) is 24.5 Å². The molecule has 0 saturated heterocycles. The van der Waals surface area contributed by atoms with Crippen molar-refractivity contribution >= 4 is 43.9 Å². The van der Waals surface area contributed by atoms with Gasteiger partial charge in [0.25, 0.3) is 11.5 Å². The SMILES string of the molecule is COc1ccc(NC(=O)c2cc3c(=O)[nH]c4ccccc4c3s2)cc1OC. The highest BCUT2D eigenvalue weighted by molar-refractivity contribution is 7.21. The summed E-state index contributed by atoms with van der Waals surface area (Å²) in [7, 11) is 3.09. The first-order chi connectivity index (χ1) is 13.1. The van der Waals surface area contributed by atoms with Crippen LogP contribution in [0.3, 0.4) is 0 Å². The molecule has 2 aromatic heterocycles. The Kier molecular flexibility index (Phi) is 4.29. The van der Waals surface area contributed by atoms with Gasteiger partial charge in [-0.05, 0) is 24.3 Å². The largest absolute Gasteiger partial charge is 0.493 e. The maximum Gasteiger partial charge on any atom is 0.265 e. The molecule has 2 aromatic carbocycles. The van der Waals surface area contributed by atoms with E-state index in [2.05, 4.69) is 10.3 Å². The fourth-order valence-electron chi connectivity index (χ4n) is 2.96. The maximum atomic E-state index is 12.7. The first-order valence-corrected chi connectivity index (χ1v) is 9.00. The number of benzene rings is 2. The van der Waals surface area contributed by atoms with E-state index in [4.69, 9.17) is 9.47 Å². The minimum atomic E-state index is -0.285. The van der Waals surface area contributed by atoms with Gasteiger partial charge in [-0.25, -0.2) is 0 Å². The second kappa shape index (κ2) is 6.77. The monoisotopic (exact) mass is 380 g/mol. The lowest BCUT2D eigenvalue weighted by atomic mass is 10.2. The molecular formula is C20H16N2O4S. The van der Waals surface area contributed by atoms with E-state index in [-0.39, 0.29) is 11.5 Å². The zero-order valence-electron chi connectivity index (χ0n) is 14.7. The molecule has 0 aliphatic rings. The third-order valence-corrected chi connectivity index (χ3v) is 5.43. The van der Waals surface area contributed by atoms with E-state index in [1.807, 2.05) is 24.3 Å². The number of fused-ring (bicyclic) bond motifs is 3. The third-order valence-electron chi connectivity index (χ3n) is 4.26. The fourth-order valence-corrected chi connectivity index (χ4v) is 4.05. The number of pyridine rings is 1. The zero-order chi connectivity index (χ0) is 19.0. The normalized spacial score (nSPS) is 10.9. The molecule has 2 heterocycles. The standard InChI is InChI=1S/C20H16N2O4S/c1-25-15-8-7-11(9-16(15)26-2)21-20(24)17-10-13-18(27-17)12-5-3-4-6-14(12)22-19(13)23/h3-10H,1-2H3,(H,21,24)(H,22,23). The summed E-state index contributed by atoms with van der Waals surface area (Å²) in [6.45, 7) is 0. The molecule has 0 radical (unpaired) electrons. The molecule has 0 atom stereocenters. The van der Waals surface area contributed by atoms with Crippen LogP contribution in [-0.4, -0.2) is 25.1 Å². The molecule has 0 unspecified atom stereocenters. The highest BCUT2D eigenvalue weighted by Crippen LogP contribution is 2.32. The number of rotatable bonds is 4. The number of aromatic amines is 1. The lowest BCUT2D eigenvalue weighted by molar-refractivity contribution is 0.103. The van der Waals surface area contributed by atoms with Gasteiger partial charge in [0, 0.05) is 27.4 Å². The van der Waals surface area contributed by atoms with Crippen LogP contribution >= 0.6 is 11.3 Å². The quantitative estimate of drug-likeness (QED) is 0.561. The van der Waals surface area contributed by atoms with Crippen LogP contribution < -0.4 is 20.3 Å². The molecule has 6 nitrogen and oxygen atoms in total. The van der Waals surface area contributed by atoms with Gasteiger partial charge >= 0.3 is 0 Å². The van der Waals surface area contributed by atoms with Crippen molar-refractivity contribution in [2.24, 2.45) is 0 Å². The fraction of sp³-hybridized carbons (Fsp3) is 0.100. The number of para-hydroxylation sites is 1. The van der Waals surface area contributed by atoms with Crippen LogP contribution in [0.15, 0.2) is 53.3 Å². The Morgan fingerprint density at radius 2 is 1.78 bits per heavy atom. The highest BCUT2D eigenvalue weighted by Gasteiger charge is 2.15. The van der Waals surface area contributed by atoms with Crippen LogP contribution in [0, 0.1) is 0 Å². The van der Waals surface area contributed by atoms with Crippen molar-refractivity contribution in [3.05, 3.63) is 63.8 Å². The second-order valence-corrected chi connectivity index (χ2v) is 6.93. The van der Waals surface area contributed by atoms with Crippen molar-refractivity contribution in [1.82, 2.24) is 4.98 Å². The molecule has 0 spiro atoms. The van der Waals surface area contributed by atoms with Crippen molar-refractivity contribution in [2.45, 2.75) is 0 Å². The van der Waals surface area contributed by atoms with Crippen LogP contribution in [0.5, 0.6) is 11.5 Å². The number of hydrogen-bond donors (Lipinski definition) is 2. The van der Waals surface area contributed by atoms with E-state index in [1.54, 1.807) is 31.4 Å². The average Bonchev–Trinajstić information content (AvgIpc) is 3.14. The van der Waals surface area contributed by atoms with Crippen molar-refractivity contribution in [3.8, 4) is 11.5 Å². The summed E-state index contributed by atoms with van der Waals surface area (Å²) < 4.78 is 11.3. The van der Waals surface area contributed by atoms with E-state index < -0.39 is 0 Å². The number of nitrogens with one attached hydrogen (secondary N) is 2.